The fourth-order valence-corrected chi connectivity index (χ4v) is 1.68. The molecule has 0 aliphatic rings. The highest BCUT2D eigenvalue weighted by Gasteiger charge is 2.03. The highest BCUT2D eigenvalue weighted by molar-refractivity contribution is 6.30. The zero-order chi connectivity index (χ0) is 10.7. The summed E-state index contributed by atoms with van der Waals surface area (Å²) < 4.78 is 0. The summed E-state index contributed by atoms with van der Waals surface area (Å²) in [4.78, 5) is 4.18. The third kappa shape index (κ3) is 2.19. The molecule has 2 rings (SSSR count). The lowest BCUT2D eigenvalue weighted by Crippen LogP contribution is -2.07. The van der Waals surface area contributed by atoms with Gasteiger partial charge in [-0.3, -0.25) is 0 Å². The molecule has 0 saturated carbocycles. The van der Waals surface area contributed by atoms with Gasteiger partial charge in [-0.05, 0) is 11.5 Å². The summed E-state index contributed by atoms with van der Waals surface area (Å²) in [5.74, 6) is 0.715. The largest absolute Gasteiger partial charge is 0.395 e. The van der Waals surface area contributed by atoms with Crippen LogP contribution in [-0.2, 0) is 0 Å². The summed E-state index contributed by atoms with van der Waals surface area (Å²) in [6.45, 7) is 0.542. The third-order valence-corrected chi connectivity index (χ3v) is 2.31. The first-order chi connectivity index (χ1) is 7.31. The summed E-state index contributed by atoms with van der Waals surface area (Å²) >= 11 is 5.89. The van der Waals surface area contributed by atoms with Crippen LogP contribution in [-0.4, -0.2) is 23.2 Å². The fourth-order valence-electron chi connectivity index (χ4n) is 1.48. The van der Waals surface area contributed by atoms with E-state index in [0.29, 0.717) is 17.5 Å². The average molecular weight is 223 g/mol. The molecule has 0 atom stereocenters. The summed E-state index contributed by atoms with van der Waals surface area (Å²) in [5, 5.41) is 14.3. The van der Waals surface area contributed by atoms with Crippen LogP contribution in [0.15, 0.2) is 30.3 Å². The molecule has 3 nitrogen and oxygen atoms in total. The van der Waals surface area contributed by atoms with Crippen molar-refractivity contribution in [1.29, 1.82) is 0 Å². The van der Waals surface area contributed by atoms with Gasteiger partial charge in [0.1, 0.15) is 11.0 Å². The second-order valence-electron chi connectivity index (χ2n) is 3.17. The van der Waals surface area contributed by atoms with Gasteiger partial charge >= 0.3 is 0 Å². The number of halogens is 1. The molecule has 78 valence electrons. The minimum absolute atomic E-state index is 0.0719. The summed E-state index contributed by atoms with van der Waals surface area (Å²) in [6.07, 6.45) is 0. The highest BCUT2D eigenvalue weighted by atomic mass is 35.5. The van der Waals surface area contributed by atoms with Gasteiger partial charge in [0.2, 0.25) is 0 Å². The molecule has 0 fully saturated rings. The molecule has 2 N–H and O–H groups in total. The van der Waals surface area contributed by atoms with Crippen molar-refractivity contribution in [2.45, 2.75) is 0 Å². The number of nitrogens with zero attached hydrogens (tertiary/aromatic N) is 1. The predicted molar refractivity (Wildman–Crippen MR) is 62.3 cm³/mol. The van der Waals surface area contributed by atoms with Crippen LogP contribution in [0.4, 0.5) is 5.82 Å². The Labute approximate surface area is 92.7 Å². The van der Waals surface area contributed by atoms with Crippen molar-refractivity contribution >= 4 is 28.2 Å². The van der Waals surface area contributed by atoms with Crippen LogP contribution in [0.25, 0.3) is 10.8 Å². The number of rotatable bonds is 3. The molecule has 1 aromatic heterocycles. The molecule has 0 aliphatic carbocycles. The Morgan fingerprint density at radius 3 is 2.93 bits per heavy atom. The van der Waals surface area contributed by atoms with Gasteiger partial charge in [-0.2, -0.15) is 0 Å². The molecule has 0 amide bonds. The SMILES string of the molecule is OCCNc1nc(Cl)cc2ccccc12. The van der Waals surface area contributed by atoms with Crippen molar-refractivity contribution in [2.75, 3.05) is 18.5 Å². The number of pyridine rings is 1. The molecular formula is C11H11ClN2O. The Morgan fingerprint density at radius 1 is 1.33 bits per heavy atom. The van der Waals surface area contributed by atoms with E-state index < -0.39 is 0 Å². The van der Waals surface area contributed by atoms with Gasteiger partial charge < -0.3 is 10.4 Å². The van der Waals surface area contributed by atoms with Crippen molar-refractivity contribution < 1.29 is 5.11 Å². The lowest BCUT2D eigenvalue weighted by Gasteiger charge is -2.07. The second-order valence-corrected chi connectivity index (χ2v) is 3.55. The maximum absolute atomic E-state index is 8.75. The van der Waals surface area contributed by atoms with Gasteiger partial charge in [-0.15, -0.1) is 0 Å². The van der Waals surface area contributed by atoms with Crippen LogP contribution in [0, 0.1) is 0 Å². The average Bonchev–Trinajstić information content (AvgIpc) is 2.25. The third-order valence-electron chi connectivity index (χ3n) is 2.11. The topological polar surface area (TPSA) is 45.1 Å². The van der Waals surface area contributed by atoms with Crippen LogP contribution in [0.2, 0.25) is 5.15 Å². The number of aromatic nitrogens is 1. The lowest BCUT2D eigenvalue weighted by molar-refractivity contribution is 0.311. The number of aliphatic hydroxyl groups is 1. The summed E-state index contributed by atoms with van der Waals surface area (Å²) in [6, 6.07) is 9.67. The van der Waals surface area contributed by atoms with Gasteiger partial charge in [0.15, 0.2) is 0 Å². The van der Waals surface area contributed by atoms with E-state index in [1.54, 1.807) is 0 Å². The van der Waals surface area contributed by atoms with Crippen molar-refractivity contribution in [3.63, 3.8) is 0 Å². The molecule has 0 saturated heterocycles. The first-order valence-corrected chi connectivity index (χ1v) is 5.09. The molecule has 1 heterocycles. The van der Waals surface area contributed by atoms with Crippen LogP contribution in [0.1, 0.15) is 0 Å². The molecule has 0 unspecified atom stereocenters. The molecule has 15 heavy (non-hydrogen) atoms. The quantitative estimate of drug-likeness (QED) is 0.784. The van der Waals surface area contributed by atoms with E-state index in [2.05, 4.69) is 10.3 Å². The Balaban J connectivity index is 2.50. The Morgan fingerprint density at radius 2 is 2.13 bits per heavy atom. The van der Waals surface area contributed by atoms with E-state index in [0.717, 1.165) is 10.8 Å². The highest BCUT2D eigenvalue weighted by Crippen LogP contribution is 2.24. The minimum atomic E-state index is 0.0719. The van der Waals surface area contributed by atoms with Crippen LogP contribution in [0.5, 0.6) is 0 Å². The smallest absolute Gasteiger partial charge is 0.135 e. The van der Waals surface area contributed by atoms with E-state index in [-0.39, 0.29) is 6.61 Å². The van der Waals surface area contributed by atoms with E-state index in [1.165, 1.54) is 0 Å². The first-order valence-electron chi connectivity index (χ1n) is 4.71. The van der Waals surface area contributed by atoms with Gasteiger partial charge in [-0.25, -0.2) is 4.98 Å². The van der Waals surface area contributed by atoms with Gasteiger partial charge in [-0.1, -0.05) is 35.9 Å². The van der Waals surface area contributed by atoms with Crippen molar-refractivity contribution in [3.8, 4) is 0 Å². The summed E-state index contributed by atoms with van der Waals surface area (Å²) in [7, 11) is 0. The summed E-state index contributed by atoms with van der Waals surface area (Å²) in [5.41, 5.74) is 0. The maximum atomic E-state index is 8.75. The number of aliphatic hydroxyl groups excluding tert-OH is 1. The van der Waals surface area contributed by atoms with Gasteiger partial charge in [0.05, 0.1) is 6.61 Å². The number of hydrogen-bond donors (Lipinski definition) is 2. The molecule has 0 bridgehead atoms. The monoisotopic (exact) mass is 222 g/mol. The van der Waals surface area contributed by atoms with Crippen molar-refractivity contribution in [2.24, 2.45) is 0 Å². The van der Waals surface area contributed by atoms with E-state index in [1.807, 2.05) is 30.3 Å². The lowest BCUT2D eigenvalue weighted by atomic mass is 10.1. The number of hydrogen-bond acceptors (Lipinski definition) is 3. The number of anilines is 1. The molecule has 1 aromatic carbocycles. The first kappa shape index (κ1) is 10.2. The molecule has 4 heteroatoms. The van der Waals surface area contributed by atoms with Crippen molar-refractivity contribution in [1.82, 2.24) is 4.98 Å². The predicted octanol–water partition coefficient (Wildman–Crippen LogP) is 2.29. The van der Waals surface area contributed by atoms with Crippen LogP contribution in [0.3, 0.4) is 0 Å². The van der Waals surface area contributed by atoms with E-state index in [9.17, 15) is 0 Å². The maximum Gasteiger partial charge on any atom is 0.135 e. The van der Waals surface area contributed by atoms with E-state index in [4.69, 9.17) is 16.7 Å². The molecule has 0 radical (unpaired) electrons. The molecular weight excluding hydrogens is 212 g/mol. The zero-order valence-electron chi connectivity index (χ0n) is 8.07. The van der Waals surface area contributed by atoms with Crippen LogP contribution >= 0.6 is 11.6 Å². The van der Waals surface area contributed by atoms with Crippen LogP contribution < -0.4 is 5.32 Å². The number of benzene rings is 1. The Bertz CT molecular complexity index is 473. The second kappa shape index (κ2) is 4.47. The van der Waals surface area contributed by atoms with Gasteiger partial charge in [0.25, 0.3) is 0 Å². The number of nitrogens with one attached hydrogen (secondary N) is 1. The van der Waals surface area contributed by atoms with E-state index >= 15 is 0 Å². The Kier molecular flexibility index (Phi) is 3.04. The van der Waals surface area contributed by atoms with Gasteiger partial charge in [0, 0.05) is 11.9 Å². The minimum Gasteiger partial charge on any atom is -0.395 e. The fraction of sp³-hybridized carbons (Fsp3) is 0.182. The number of fused-ring (bicyclic) bond motifs is 1. The molecule has 0 spiro atoms. The standard InChI is InChI=1S/C11H11ClN2O/c12-10-7-8-3-1-2-4-9(8)11(14-10)13-5-6-15/h1-4,7,15H,5-6H2,(H,13,14). The van der Waals surface area contributed by atoms with Crippen molar-refractivity contribution in [3.05, 3.63) is 35.5 Å². The normalized spacial score (nSPS) is 10.5. The molecule has 0 aliphatic heterocycles. The molecule has 2 aromatic rings. The zero-order valence-corrected chi connectivity index (χ0v) is 8.83. The Hall–Kier alpha value is -1.32.